The Hall–Kier alpha value is -0.670. The van der Waals surface area contributed by atoms with Crippen molar-refractivity contribution in [1.29, 1.82) is 0 Å². The molecule has 0 aliphatic carbocycles. The summed E-state index contributed by atoms with van der Waals surface area (Å²) in [5.74, 6) is 0. The fourth-order valence-electron chi connectivity index (χ4n) is 1.66. The molecule has 1 nitrogen and oxygen atoms in total. The highest BCUT2D eigenvalue weighted by Crippen LogP contribution is 2.32. The van der Waals surface area contributed by atoms with Crippen LogP contribution in [0.3, 0.4) is 0 Å². The first-order valence-electron chi connectivity index (χ1n) is 5.26. The Morgan fingerprint density at radius 2 is 1.69 bits per heavy atom. The fourth-order valence-corrected chi connectivity index (χ4v) is 2.03. The first-order chi connectivity index (χ1) is 7.43. The van der Waals surface area contributed by atoms with Gasteiger partial charge in [-0.05, 0) is 12.5 Å². The molecule has 1 atom stereocenters. The largest absolute Gasteiger partial charge is 0.308 e. The summed E-state index contributed by atoms with van der Waals surface area (Å²) in [5.41, 5.74) is 0.615. The standard InChI is InChI=1S/C12H16ClF2N/c1-7(2)16-8(3)9-5-4-6-10(11(9)13)12(14)15/h4-8,12,16H,1-3H3/t8-/m1/s1. The van der Waals surface area contributed by atoms with Crippen LogP contribution in [0, 0.1) is 0 Å². The monoisotopic (exact) mass is 247 g/mol. The van der Waals surface area contributed by atoms with Crippen molar-refractivity contribution in [2.24, 2.45) is 0 Å². The van der Waals surface area contributed by atoms with Crippen LogP contribution in [0.2, 0.25) is 5.02 Å². The molecule has 4 heteroatoms. The smallest absolute Gasteiger partial charge is 0.265 e. The van der Waals surface area contributed by atoms with E-state index in [9.17, 15) is 8.78 Å². The van der Waals surface area contributed by atoms with Crippen LogP contribution in [0.15, 0.2) is 18.2 Å². The van der Waals surface area contributed by atoms with E-state index in [1.165, 1.54) is 6.07 Å². The third-order valence-electron chi connectivity index (χ3n) is 2.34. The van der Waals surface area contributed by atoms with Gasteiger partial charge in [-0.25, -0.2) is 8.78 Å². The lowest BCUT2D eigenvalue weighted by Crippen LogP contribution is -2.26. The summed E-state index contributed by atoms with van der Waals surface area (Å²) in [7, 11) is 0. The molecule has 0 spiro atoms. The van der Waals surface area contributed by atoms with Gasteiger partial charge >= 0.3 is 0 Å². The molecule has 0 fully saturated rings. The molecule has 0 aliphatic rings. The van der Waals surface area contributed by atoms with Gasteiger partial charge in [0.1, 0.15) is 0 Å². The van der Waals surface area contributed by atoms with Crippen molar-refractivity contribution >= 4 is 11.6 Å². The van der Waals surface area contributed by atoms with Crippen molar-refractivity contribution in [3.63, 3.8) is 0 Å². The molecule has 0 unspecified atom stereocenters. The molecule has 0 radical (unpaired) electrons. The lowest BCUT2D eigenvalue weighted by atomic mass is 10.0. The molecule has 1 aromatic rings. The van der Waals surface area contributed by atoms with E-state index in [0.29, 0.717) is 5.56 Å². The third-order valence-corrected chi connectivity index (χ3v) is 2.78. The van der Waals surface area contributed by atoms with E-state index in [-0.39, 0.29) is 22.7 Å². The summed E-state index contributed by atoms with van der Waals surface area (Å²) in [6.45, 7) is 5.92. The molecule has 0 aromatic heterocycles. The van der Waals surface area contributed by atoms with E-state index in [1.807, 2.05) is 20.8 Å². The van der Waals surface area contributed by atoms with Gasteiger partial charge in [0.05, 0.1) is 5.02 Å². The summed E-state index contributed by atoms with van der Waals surface area (Å²) in [4.78, 5) is 0. The molecular formula is C12H16ClF2N. The van der Waals surface area contributed by atoms with Gasteiger partial charge in [-0.1, -0.05) is 43.6 Å². The van der Waals surface area contributed by atoms with Gasteiger partial charge in [-0.2, -0.15) is 0 Å². The normalized spacial score (nSPS) is 13.5. The zero-order valence-electron chi connectivity index (χ0n) is 9.60. The molecule has 1 aromatic carbocycles. The second-order valence-corrected chi connectivity index (χ2v) is 4.47. The average molecular weight is 248 g/mol. The highest BCUT2D eigenvalue weighted by Gasteiger charge is 2.17. The van der Waals surface area contributed by atoms with E-state index in [4.69, 9.17) is 11.6 Å². The Bertz CT molecular complexity index is 353. The lowest BCUT2D eigenvalue weighted by molar-refractivity contribution is 0.151. The summed E-state index contributed by atoms with van der Waals surface area (Å²) in [5, 5.41) is 3.40. The Kier molecular flexibility index (Phi) is 4.69. The maximum atomic E-state index is 12.6. The zero-order valence-corrected chi connectivity index (χ0v) is 10.4. The minimum Gasteiger partial charge on any atom is -0.308 e. The van der Waals surface area contributed by atoms with Gasteiger partial charge in [0.15, 0.2) is 0 Å². The van der Waals surface area contributed by atoms with Crippen LogP contribution in [-0.4, -0.2) is 6.04 Å². The van der Waals surface area contributed by atoms with E-state index in [2.05, 4.69) is 5.32 Å². The van der Waals surface area contributed by atoms with Gasteiger partial charge in [0.2, 0.25) is 0 Å². The topological polar surface area (TPSA) is 12.0 Å². The van der Waals surface area contributed by atoms with Crippen LogP contribution in [-0.2, 0) is 0 Å². The second-order valence-electron chi connectivity index (χ2n) is 4.09. The first-order valence-corrected chi connectivity index (χ1v) is 5.63. The van der Waals surface area contributed by atoms with Crippen LogP contribution in [0.5, 0.6) is 0 Å². The SMILES string of the molecule is CC(C)N[C@H](C)c1cccc(C(F)F)c1Cl. The van der Waals surface area contributed by atoms with E-state index in [0.717, 1.165) is 0 Å². The first kappa shape index (κ1) is 13.4. The van der Waals surface area contributed by atoms with Crippen LogP contribution in [0.25, 0.3) is 0 Å². The zero-order chi connectivity index (χ0) is 12.3. The predicted octanol–water partition coefficient (Wildman–Crippen LogP) is 4.34. The Balaban J connectivity index is 3.00. The number of alkyl halides is 2. The molecule has 0 heterocycles. The van der Waals surface area contributed by atoms with Crippen molar-refractivity contribution in [2.75, 3.05) is 0 Å². The molecule has 16 heavy (non-hydrogen) atoms. The van der Waals surface area contributed by atoms with Crippen molar-refractivity contribution in [3.05, 3.63) is 34.3 Å². The minimum absolute atomic E-state index is 0.0359. The third kappa shape index (κ3) is 3.16. The van der Waals surface area contributed by atoms with Gasteiger partial charge in [-0.3, -0.25) is 0 Å². The van der Waals surface area contributed by atoms with Crippen LogP contribution < -0.4 is 5.32 Å². The summed E-state index contributed by atoms with van der Waals surface area (Å²) >= 11 is 5.96. The molecule has 0 saturated heterocycles. The molecular weight excluding hydrogens is 232 g/mol. The number of rotatable bonds is 4. The highest BCUT2D eigenvalue weighted by atomic mass is 35.5. The van der Waals surface area contributed by atoms with Crippen LogP contribution in [0.1, 0.15) is 44.4 Å². The molecule has 0 aliphatic heterocycles. The molecule has 0 amide bonds. The number of nitrogens with one attached hydrogen (secondary N) is 1. The number of benzene rings is 1. The van der Waals surface area contributed by atoms with Crippen LogP contribution in [0.4, 0.5) is 8.78 Å². The fraction of sp³-hybridized carbons (Fsp3) is 0.500. The molecule has 90 valence electrons. The van der Waals surface area contributed by atoms with Gasteiger partial charge in [0.25, 0.3) is 6.43 Å². The van der Waals surface area contributed by atoms with Crippen molar-refractivity contribution in [2.45, 2.75) is 39.3 Å². The maximum absolute atomic E-state index is 12.6. The van der Waals surface area contributed by atoms with Gasteiger partial charge < -0.3 is 5.32 Å². The Morgan fingerprint density at radius 3 is 2.19 bits per heavy atom. The van der Waals surface area contributed by atoms with Crippen molar-refractivity contribution in [3.8, 4) is 0 Å². The van der Waals surface area contributed by atoms with E-state index < -0.39 is 6.43 Å². The summed E-state index contributed by atoms with van der Waals surface area (Å²) in [6.07, 6.45) is -2.53. The quantitative estimate of drug-likeness (QED) is 0.835. The number of hydrogen-bond donors (Lipinski definition) is 1. The predicted molar refractivity (Wildman–Crippen MR) is 63.1 cm³/mol. The van der Waals surface area contributed by atoms with Crippen molar-refractivity contribution in [1.82, 2.24) is 5.32 Å². The Morgan fingerprint density at radius 1 is 1.12 bits per heavy atom. The van der Waals surface area contributed by atoms with Gasteiger partial charge in [0, 0.05) is 17.6 Å². The second kappa shape index (κ2) is 5.60. The molecule has 0 saturated carbocycles. The molecule has 1 N–H and O–H groups in total. The van der Waals surface area contributed by atoms with Gasteiger partial charge in [-0.15, -0.1) is 0 Å². The van der Waals surface area contributed by atoms with Crippen LogP contribution >= 0.6 is 11.6 Å². The van der Waals surface area contributed by atoms with Crippen molar-refractivity contribution < 1.29 is 8.78 Å². The number of halogens is 3. The average Bonchev–Trinajstić information content (AvgIpc) is 2.16. The minimum atomic E-state index is -2.53. The molecule has 0 bridgehead atoms. The summed E-state index contributed by atoms with van der Waals surface area (Å²) < 4.78 is 25.3. The summed E-state index contributed by atoms with van der Waals surface area (Å²) in [6, 6.07) is 4.99. The van der Waals surface area contributed by atoms with E-state index >= 15 is 0 Å². The highest BCUT2D eigenvalue weighted by molar-refractivity contribution is 6.32. The maximum Gasteiger partial charge on any atom is 0.265 e. The van der Waals surface area contributed by atoms with E-state index in [1.54, 1.807) is 12.1 Å². The number of hydrogen-bond acceptors (Lipinski definition) is 1. The Labute approximate surface area is 99.8 Å². The molecule has 1 rings (SSSR count). The lowest BCUT2D eigenvalue weighted by Gasteiger charge is -2.19.